The van der Waals surface area contributed by atoms with Crippen molar-refractivity contribution >= 4 is 35.8 Å². The summed E-state index contributed by atoms with van der Waals surface area (Å²) in [6.45, 7) is 4.12. The van der Waals surface area contributed by atoms with Crippen molar-refractivity contribution in [2.24, 2.45) is 10.9 Å². The fourth-order valence-electron chi connectivity index (χ4n) is 3.27. The molecule has 2 fully saturated rings. The van der Waals surface area contributed by atoms with Crippen molar-refractivity contribution in [2.75, 3.05) is 53.6 Å². The van der Waals surface area contributed by atoms with Crippen LogP contribution in [-0.2, 0) is 14.3 Å². The molecule has 1 unspecified atom stereocenters. The van der Waals surface area contributed by atoms with Gasteiger partial charge in [-0.1, -0.05) is 19.3 Å². The van der Waals surface area contributed by atoms with Crippen molar-refractivity contribution in [3.63, 3.8) is 0 Å². The Morgan fingerprint density at radius 2 is 1.96 bits per heavy atom. The van der Waals surface area contributed by atoms with Gasteiger partial charge in [-0.15, -0.1) is 24.0 Å². The molecule has 1 amide bonds. The highest BCUT2D eigenvalue weighted by Gasteiger charge is 2.16. The molecule has 0 radical (unpaired) electrons. The first-order chi connectivity index (χ1) is 12.6. The van der Waals surface area contributed by atoms with Crippen molar-refractivity contribution in [1.82, 2.24) is 15.5 Å². The number of likely N-dealkylation sites (N-methyl/N-ethyl adjacent to an activating group) is 1. The maximum atomic E-state index is 11.8. The summed E-state index contributed by atoms with van der Waals surface area (Å²) in [4.78, 5) is 17.8. The third kappa shape index (κ3) is 10.5. The van der Waals surface area contributed by atoms with E-state index in [-0.39, 0.29) is 42.5 Å². The standard InChI is InChI=1S/C19H36N4O3.HI/c1-23(2)18(24)14-22-19(21-13-16-7-4-3-5-8-16)20-10-6-11-26-17-9-12-25-15-17;/h16-17H,3-15H2,1-2H3,(H2,20,21,22);1H. The Balaban J connectivity index is 0.00000364. The van der Waals surface area contributed by atoms with Crippen molar-refractivity contribution in [1.29, 1.82) is 0 Å². The molecule has 27 heavy (non-hydrogen) atoms. The third-order valence-corrected chi connectivity index (χ3v) is 5.01. The number of nitrogens with one attached hydrogen (secondary N) is 2. The van der Waals surface area contributed by atoms with Crippen LogP contribution >= 0.6 is 24.0 Å². The number of hydrogen-bond acceptors (Lipinski definition) is 4. The van der Waals surface area contributed by atoms with Gasteiger partial charge >= 0.3 is 0 Å². The van der Waals surface area contributed by atoms with Crippen molar-refractivity contribution in [3.05, 3.63) is 0 Å². The van der Waals surface area contributed by atoms with Gasteiger partial charge in [0.25, 0.3) is 0 Å². The number of carbonyl (C=O) groups is 1. The molecule has 0 aromatic rings. The number of guanidine groups is 1. The van der Waals surface area contributed by atoms with Gasteiger partial charge in [-0.25, -0.2) is 4.99 Å². The van der Waals surface area contributed by atoms with Crippen LogP contribution in [0.4, 0.5) is 0 Å². The molecule has 2 rings (SSSR count). The molecule has 7 nitrogen and oxygen atoms in total. The fraction of sp³-hybridized carbons (Fsp3) is 0.895. The Kier molecular flexibility index (Phi) is 13.0. The van der Waals surface area contributed by atoms with Crippen molar-refractivity contribution in [2.45, 2.75) is 51.0 Å². The molecule has 2 aliphatic rings. The minimum absolute atomic E-state index is 0. The number of carbonyl (C=O) groups excluding carboxylic acids is 1. The number of hydrogen-bond donors (Lipinski definition) is 2. The van der Waals surface area contributed by atoms with E-state index in [1.54, 1.807) is 19.0 Å². The van der Waals surface area contributed by atoms with Crippen LogP contribution in [-0.4, -0.2) is 76.4 Å². The predicted octanol–water partition coefficient (Wildman–Crippen LogP) is 2.00. The molecule has 0 spiro atoms. The number of amides is 1. The number of aliphatic imine (C=N–C) groups is 1. The Morgan fingerprint density at radius 3 is 2.63 bits per heavy atom. The van der Waals surface area contributed by atoms with E-state index in [0.717, 1.165) is 45.1 Å². The number of halogens is 1. The molecule has 1 saturated carbocycles. The lowest BCUT2D eigenvalue weighted by atomic mass is 9.89. The highest BCUT2D eigenvalue weighted by Crippen LogP contribution is 2.22. The van der Waals surface area contributed by atoms with E-state index >= 15 is 0 Å². The van der Waals surface area contributed by atoms with Gasteiger partial charge in [-0.2, -0.15) is 0 Å². The minimum atomic E-state index is 0. The van der Waals surface area contributed by atoms with Crippen LogP contribution in [0.3, 0.4) is 0 Å². The summed E-state index contributed by atoms with van der Waals surface area (Å²) in [5, 5.41) is 6.76. The predicted molar refractivity (Wildman–Crippen MR) is 119 cm³/mol. The Labute approximate surface area is 181 Å². The molecule has 1 atom stereocenters. The topological polar surface area (TPSA) is 75.2 Å². The lowest BCUT2D eigenvalue weighted by Gasteiger charge is -2.23. The van der Waals surface area contributed by atoms with E-state index in [0.29, 0.717) is 12.5 Å². The number of ether oxygens (including phenoxy) is 2. The van der Waals surface area contributed by atoms with Gasteiger partial charge < -0.3 is 25.0 Å². The maximum absolute atomic E-state index is 11.8. The van der Waals surface area contributed by atoms with Crippen LogP contribution in [0.15, 0.2) is 4.99 Å². The van der Waals surface area contributed by atoms with Gasteiger partial charge in [0.15, 0.2) is 5.96 Å². The summed E-state index contributed by atoms with van der Waals surface area (Å²) in [7, 11) is 3.51. The van der Waals surface area contributed by atoms with Crippen LogP contribution in [0, 0.1) is 5.92 Å². The third-order valence-electron chi connectivity index (χ3n) is 5.01. The van der Waals surface area contributed by atoms with E-state index < -0.39 is 0 Å². The van der Waals surface area contributed by atoms with E-state index in [9.17, 15) is 4.79 Å². The number of rotatable bonds is 9. The average Bonchev–Trinajstić information content (AvgIpc) is 3.17. The second kappa shape index (κ2) is 14.4. The SMILES string of the molecule is CN(C)C(=O)CN=C(NCCCOC1CCOC1)NCC1CCCCC1.I. The smallest absolute Gasteiger partial charge is 0.243 e. The first kappa shape index (κ1) is 24.4. The molecule has 158 valence electrons. The van der Waals surface area contributed by atoms with Gasteiger partial charge in [-0.05, 0) is 31.6 Å². The molecule has 1 heterocycles. The molecule has 1 saturated heterocycles. The summed E-state index contributed by atoms with van der Waals surface area (Å²) < 4.78 is 11.1. The molecule has 0 aromatic carbocycles. The Bertz CT molecular complexity index is 437. The molecule has 1 aliphatic carbocycles. The van der Waals surface area contributed by atoms with E-state index in [1.807, 2.05) is 0 Å². The van der Waals surface area contributed by atoms with E-state index in [1.165, 1.54) is 32.1 Å². The summed E-state index contributed by atoms with van der Waals surface area (Å²) in [5.74, 6) is 1.45. The number of nitrogens with zero attached hydrogens (tertiary/aromatic N) is 2. The van der Waals surface area contributed by atoms with Crippen LogP contribution in [0.5, 0.6) is 0 Å². The first-order valence-electron chi connectivity index (χ1n) is 10.1. The zero-order valence-electron chi connectivity index (χ0n) is 16.9. The molecule has 0 aromatic heterocycles. The second-order valence-electron chi connectivity index (χ2n) is 7.47. The van der Waals surface area contributed by atoms with Crippen LogP contribution in [0.2, 0.25) is 0 Å². The van der Waals surface area contributed by atoms with Crippen molar-refractivity contribution < 1.29 is 14.3 Å². The molecular formula is C19H37IN4O3. The maximum Gasteiger partial charge on any atom is 0.243 e. The largest absolute Gasteiger partial charge is 0.379 e. The lowest BCUT2D eigenvalue weighted by Crippen LogP contribution is -2.41. The quantitative estimate of drug-likeness (QED) is 0.221. The second-order valence-corrected chi connectivity index (χ2v) is 7.47. The van der Waals surface area contributed by atoms with Crippen LogP contribution < -0.4 is 10.6 Å². The zero-order valence-corrected chi connectivity index (χ0v) is 19.2. The van der Waals surface area contributed by atoms with Crippen LogP contribution in [0.25, 0.3) is 0 Å². The van der Waals surface area contributed by atoms with Gasteiger partial charge in [0.1, 0.15) is 6.54 Å². The molecule has 0 bridgehead atoms. The molecule has 2 N–H and O–H groups in total. The molecular weight excluding hydrogens is 459 g/mol. The van der Waals surface area contributed by atoms with E-state index in [2.05, 4.69) is 15.6 Å². The van der Waals surface area contributed by atoms with Gasteiger partial charge in [0, 0.05) is 40.4 Å². The first-order valence-corrected chi connectivity index (χ1v) is 10.1. The van der Waals surface area contributed by atoms with Gasteiger partial charge in [0.2, 0.25) is 5.91 Å². The Morgan fingerprint density at radius 1 is 1.19 bits per heavy atom. The monoisotopic (exact) mass is 496 g/mol. The highest BCUT2D eigenvalue weighted by molar-refractivity contribution is 14.0. The summed E-state index contributed by atoms with van der Waals surface area (Å²) >= 11 is 0. The lowest BCUT2D eigenvalue weighted by molar-refractivity contribution is -0.127. The normalized spacial score (nSPS) is 20.8. The van der Waals surface area contributed by atoms with Gasteiger partial charge in [-0.3, -0.25) is 4.79 Å². The van der Waals surface area contributed by atoms with Crippen LogP contribution in [0.1, 0.15) is 44.9 Å². The zero-order chi connectivity index (χ0) is 18.6. The summed E-state index contributed by atoms with van der Waals surface area (Å²) in [6, 6.07) is 0. The highest BCUT2D eigenvalue weighted by atomic mass is 127. The molecule has 1 aliphatic heterocycles. The minimum Gasteiger partial charge on any atom is -0.379 e. The van der Waals surface area contributed by atoms with Crippen molar-refractivity contribution in [3.8, 4) is 0 Å². The summed E-state index contributed by atoms with van der Waals surface area (Å²) in [5.41, 5.74) is 0. The summed E-state index contributed by atoms with van der Waals surface area (Å²) in [6.07, 6.45) is 8.74. The fourth-order valence-corrected chi connectivity index (χ4v) is 3.27. The molecule has 8 heteroatoms. The Hall–Kier alpha value is -0.610. The average molecular weight is 496 g/mol. The van der Waals surface area contributed by atoms with E-state index in [4.69, 9.17) is 9.47 Å². The van der Waals surface area contributed by atoms with Gasteiger partial charge in [0.05, 0.1) is 12.7 Å².